The van der Waals surface area contributed by atoms with Crippen LogP contribution in [0, 0.1) is 0 Å². The molecule has 88 valence electrons. The van der Waals surface area contributed by atoms with Gasteiger partial charge in [-0.3, -0.25) is 4.79 Å². The van der Waals surface area contributed by atoms with E-state index in [2.05, 4.69) is 31.9 Å². The summed E-state index contributed by atoms with van der Waals surface area (Å²) in [5.41, 5.74) is 0.618. The lowest BCUT2D eigenvalue weighted by Crippen LogP contribution is -1.83. The number of carbonyl (C=O) groups excluding carboxylic acids is 1. The topological polar surface area (TPSA) is 30.2 Å². The molecule has 0 bridgehead atoms. The number of carbonyl (C=O) groups is 1. The van der Waals surface area contributed by atoms with Gasteiger partial charge in [0.05, 0.1) is 15.6 Å². The van der Waals surface area contributed by atoms with Gasteiger partial charge < -0.3 is 4.42 Å². The predicted octanol–water partition coefficient (Wildman–Crippen LogP) is 5.59. The third-order valence-electron chi connectivity index (χ3n) is 2.10. The largest absolute Gasteiger partial charge is 0.453 e. The molecule has 0 saturated carbocycles. The molecule has 0 fully saturated rings. The van der Waals surface area contributed by atoms with Crippen molar-refractivity contribution in [1.82, 2.24) is 0 Å². The summed E-state index contributed by atoms with van der Waals surface area (Å²) in [6.07, 6.45) is 0.631. The van der Waals surface area contributed by atoms with Crippen molar-refractivity contribution in [3.8, 4) is 11.3 Å². The maximum atomic E-state index is 10.6. The molecule has 17 heavy (non-hydrogen) atoms. The van der Waals surface area contributed by atoms with Crippen molar-refractivity contribution >= 4 is 61.3 Å². The zero-order valence-electron chi connectivity index (χ0n) is 8.14. The summed E-state index contributed by atoms with van der Waals surface area (Å²) < 4.78 is 6.73. The molecule has 2 rings (SSSR count). The number of furan rings is 1. The van der Waals surface area contributed by atoms with E-state index < -0.39 is 0 Å². The van der Waals surface area contributed by atoms with E-state index >= 15 is 0 Å². The highest BCUT2D eigenvalue weighted by molar-refractivity contribution is 9.11. The predicted molar refractivity (Wildman–Crippen MR) is 75.0 cm³/mol. The summed E-state index contributed by atoms with van der Waals surface area (Å²) >= 11 is 18.9. The average Bonchev–Trinajstić information content (AvgIpc) is 2.74. The molecular formula is C11H4Br2Cl2O2. The SMILES string of the molecule is O=Cc1ccc(-c2c(Br)cc(Br)c(Cl)c2Cl)o1. The third kappa shape index (κ3) is 2.45. The molecule has 0 aliphatic heterocycles. The highest BCUT2D eigenvalue weighted by Gasteiger charge is 2.17. The van der Waals surface area contributed by atoms with E-state index in [0.29, 0.717) is 32.1 Å². The van der Waals surface area contributed by atoms with Crippen LogP contribution in [0.1, 0.15) is 10.6 Å². The van der Waals surface area contributed by atoms with Crippen LogP contribution in [0.4, 0.5) is 0 Å². The first-order chi connectivity index (χ1) is 8.04. The monoisotopic (exact) mass is 396 g/mol. The van der Waals surface area contributed by atoms with Gasteiger partial charge in [0, 0.05) is 8.95 Å². The number of rotatable bonds is 2. The molecule has 1 aromatic heterocycles. The van der Waals surface area contributed by atoms with Crippen LogP contribution in [0.25, 0.3) is 11.3 Å². The molecule has 1 heterocycles. The summed E-state index contributed by atoms with van der Waals surface area (Å²) in [6, 6.07) is 5.01. The number of halogens is 4. The quantitative estimate of drug-likeness (QED) is 0.375. The lowest BCUT2D eigenvalue weighted by molar-refractivity contribution is 0.110. The molecule has 0 aliphatic rings. The van der Waals surface area contributed by atoms with Crippen molar-refractivity contribution in [3.05, 3.63) is 43.0 Å². The number of hydrogen-bond acceptors (Lipinski definition) is 2. The Kier molecular flexibility index (Phi) is 3.98. The van der Waals surface area contributed by atoms with Gasteiger partial charge in [0.15, 0.2) is 12.0 Å². The summed E-state index contributed by atoms with van der Waals surface area (Å²) in [5.74, 6) is 0.723. The minimum absolute atomic E-state index is 0.238. The van der Waals surface area contributed by atoms with E-state index in [9.17, 15) is 4.79 Å². The number of benzene rings is 1. The van der Waals surface area contributed by atoms with E-state index in [0.717, 1.165) is 4.47 Å². The Morgan fingerprint density at radius 2 is 1.82 bits per heavy atom. The van der Waals surface area contributed by atoms with Gasteiger partial charge in [0.1, 0.15) is 5.76 Å². The molecule has 0 radical (unpaired) electrons. The van der Waals surface area contributed by atoms with Crippen LogP contribution in [0.3, 0.4) is 0 Å². The highest BCUT2D eigenvalue weighted by atomic mass is 79.9. The van der Waals surface area contributed by atoms with Crippen molar-refractivity contribution in [2.24, 2.45) is 0 Å². The zero-order chi connectivity index (χ0) is 12.6. The second-order valence-electron chi connectivity index (χ2n) is 3.16. The van der Waals surface area contributed by atoms with Crippen LogP contribution in [0.2, 0.25) is 10.0 Å². The molecule has 1 aromatic carbocycles. The van der Waals surface area contributed by atoms with Gasteiger partial charge in [-0.15, -0.1) is 0 Å². The van der Waals surface area contributed by atoms with E-state index in [1.54, 1.807) is 18.2 Å². The average molecular weight is 399 g/mol. The lowest BCUT2D eigenvalue weighted by Gasteiger charge is -2.07. The fraction of sp³-hybridized carbons (Fsp3) is 0. The summed E-state index contributed by atoms with van der Waals surface area (Å²) in [6.45, 7) is 0. The van der Waals surface area contributed by atoms with Crippen molar-refractivity contribution < 1.29 is 9.21 Å². The standard InChI is InChI=1S/C11H4Br2Cl2O2/c12-6-3-7(13)10(14)11(15)9(6)8-2-1-5(4-16)17-8/h1-4H. The first-order valence-electron chi connectivity index (χ1n) is 4.43. The Morgan fingerprint density at radius 1 is 1.12 bits per heavy atom. The summed E-state index contributed by atoms with van der Waals surface area (Å²) in [4.78, 5) is 10.6. The van der Waals surface area contributed by atoms with Crippen molar-refractivity contribution in [2.45, 2.75) is 0 Å². The van der Waals surface area contributed by atoms with E-state index in [4.69, 9.17) is 27.6 Å². The van der Waals surface area contributed by atoms with Gasteiger partial charge in [-0.2, -0.15) is 0 Å². The van der Waals surface area contributed by atoms with Crippen LogP contribution in [0.15, 0.2) is 31.6 Å². The van der Waals surface area contributed by atoms with Gasteiger partial charge >= 0.3 is 0 Å². The van der Waals surface area contributed by atoms with E-state index in [-0.39, 0.29) is 5.76 Å². The number of aldehydes is 1. The molecule has 2 nitrogen and oxygen atoms in total. The molecule has 0 amide bonds. The fourth-order valence-electron chi connectivity index (χ4n) is 1.34. The molecule has 6 heteroatoms. The first kappa shape index (κ1) is 13.1. The Balaban J connectivity index is 2.66. The Bertz CT molecular complexity index is 593. The molecular weight excluding hydrogens is 395 g/mol. The van der Waals surface area contributed by atoms with Crippen LogP contribution in [-0.4, -0.2) is 6.29 Å². The summed E-state index contributed by atoms with van der Waals surface area (Å²) in [7, 11) is 0. The van der Waals surface area contributed by atoms with Crippen LogP contribution in [-0.2, 0) is 0 Å². The Hall–Kier alpha value is -0.290. The highest BCUT2D eigenvalue weighted by Crippen LogP contribution is 2.43. The van der Waals surface area contributed by atoms with Crippen LogP contribution in [0.5, 0.6) is 0 Å². The van der Waals surface area contributed by atoms with Crippen LogP contribution < -0.4 is 0 Å². The van der Waals surface area contributed by atoms with Crippen molar-refractivity contribution in [2.75, 3.05) is 0 Å². The van der Waals surface area contributed by atoms with Gasteiger partial charge in [-0.05, 0) is 50.1 Å². The van der Waals surface area contributed by atoms with Gasteiger partial charge in [0.2, 0.25) is 0 Å². The third-order valence-corrected chi connectivity index (χ3v) is 4.45. The lowest BCUT2D eigenvalue weighted by atomic mass is 10.2. The number of hydrogen-bond donors (Lipinski definition) is 0. The molecule has 0 unspecified atom stereocenters. The van der Waals surface area contributed by atoms with Crippen molar-refractivity contribution in [3.63, 3.8) is 0 Å². The minimum atomic E-state index is 0.238. The Morgan fingerprint density at radius 3 is 2.41 bits per heavy atom. The van der Waals surface area contributed by atoms with Crippen LogP contribution >= 0.6 is 55.1 Å². The summed E-state index contributed by atoms with van der Waals surface area (Å²) in [5, 5.41) is 0.758. The van der Waals surface area contributed by atoms with Gasteiger partial charge in [-0.25, -0.2) is 0 Å². The first-order valence-corrected chi connectivity index (χ1v) is 6.77. The van der Waals surface area contributed by atoms with Gasteiger partial charge in [-0.1, -0.05) is 23.2 Å². The minimum Gasteiger partial charge on any atom is -0.453 e. The molecule has 0 atom stereocenters. The molecule has 0 aliphatic carbocycles. The zero-order valence-corrected chi connectivity index (χ0v) is 12.8. The Labute approximate surface area is 124 Å². The van der Waals surface area contributed by atoms with E-state index in [1.165, 1.54) is 0 Å². The maximum absolute atomic E-state index is 10.6. The maximum Gasteiger partial charge on any atom is 0.185 e. The molecule has 0 N–H and O–H groups in total. The fourth-order valence-corrected chi connectivity index (χ4v) is 3.37. The normalized spacial score (nSPS) is 10.6. The van der Waals surface area contributed by atoms with Gasteiger partial charge in [0.25, 0.3) is 0 Å². The van der Waals surface area contributed by atoms with E-state index in [1.807, 2.05) is 0 Å². The second-order valence-corrected chi connectivity index (χ2v) is 5.63. The van der Waals surface area contributed by atoms with Crippen molar-refractivity contribution in [1.29, 1.82) is 0 Å². The smallest absolute Gasteiger partial charge is 0.185 e. The molecule has 2 aromatic rings. The second kappa shape index (κ2) is 5.14. The molecule has 0 saturated heterocycles. The molecule has 0 spiro atoms.